The summed E-state index contributed by atoms with van der Waals surface area (Å²) in [5, 5.41) is 6.50. The molecule has 5 nitrogen and oxygen atoms in total. The van der Waals surface area contributed by atoms with Crippen LogP contribution in [0.5, 0.6) is 0 Å². The lowest BCUT2D eigenvalue weighted by atomic mass is 10.1. The molecule has 0 radical (unpaired) electrons. The average molecular weight is 400 g/mol. The molecular weight excluding hydrogens is 382 g/mol. The van der Waals surface area contributed by atoms with E-state index in [1.165, 1.54) is 5.56 Å². The summed E-state index contributed by atoms with van der Waals surface area (Å²) in [6, 6.07) is 17.2. The second-order valence-electron chi connectivity index (χ2n) is 5.14. The zero-order chi connectivity index (χ0) is 17.9. The second-order valence-corrected chi connectivity index (χ2v) is 6.06. The number of aryl methyl sites for hydroxylation is 1. The van der Waals surface area contributed by atoms with Crippen LogP contribution in [0.2, 0.25) is 0 Å². The Kier molecular flexibility index (Phi) is 7.59. The fourth-order valence-corrected chi connectivity index (χ4v) is 2.22. The molecule has 6 heteroatoms. The molecule has 0 saturated carbocycles. The van der Waals surface area contributed by atoms with Crippen molar-refractivity contribution in [3.63, 3.8) is 0 Å². The third-order valence-electron chi connectivity index (χ3n) is 3.17. The highest BCUT2D eigenvalue weighted by Crippen LogP contribution is 2.13. The molecule has 0 aliphatic carbocycles. The molecule has 0 saturated heterocycles. The number of benzene rings is 2. The number of carbonyl (C=O) groups is 2. The lowest BCUT2D eigenvalue weighted by molar-refractivity contribution is -0.117. The molecule has 0 atom stereocenters. The van der Waals surface area contributed by atoms with Gasteiger partial charge in [-0.15, -0.1) is 0 Å². The summed E-state index contributed by atoms with van der Waals surface area (Å²) in [6.07, 6.45) is 5.52. The lowest BCUT2D eigenvalue weighted by Gasteiger charge is -2.01. The molecule has 0 bridgehead atoms. The van der Waals surface area contributed by atoms with Crippen LogP contribution in [0.4, 0.5) is 5.69 Å². The first kappa shape index (κ1) is 18.6. The van der Waals surface area contributed by atoms with Crippen molar-refractivity contribution >= 4 is 39.6 Å². The summed E-state index contributed by atoms with van der Waals surface area (Å²) < 4.78 is 0.922. The minimum Gasteiger partial charge on any atom is -0.323 e. The standard InChI is InChI=1S/C19H18BrN3O2/c20-16-8-10-17(11-9-16)22-18(24)12-13-19(25)23-21-14-4-7-15-5-2-1-3-6-15/h1-3,5-6,8-14H,4,7H2,(H,22,24)(H,23,25)/b13-12+,21-14-. The van der Waals surface area contributed by atoms with Crippen LogP contribution in [0.3, 0.4) is 0 Å². The molecule has 128 valence electrons. The van der Waals surface area contributed by atoms with Crippen LogP contribution in [-0.4, -0.2) is 18.0 Å². The summed E-state index contributed by atoms with van der Waals surface area (Å²) in [7, 11) is 0. The van der Waals surface area contributed by atoms with E-state index in [-0.39, 0.29) is 5.91 Å². The fourth-order valence-electron chi connectivity index (χ4n) is 1.96. The normalized spacial score (nSPS) is 10.9. The van der Waals surface area contributed by atoms with Gasteiger partial charge in [0.25, 0.3) is 5.91 Å². The highest BCUT2D eigenvalue weighted by molar-refractivity contribution is 9.10. The van der Waals surface area contributed by atoms with Crippen molar-refractivity contribution in [3.8, 4) is 0 Å². The van der Waals surface area contributed by atoms with E-state index in [0.717, 1.165) is 29.5 Å². The minimum absolute atomic E-state index is 0.384. The van der Waals surface area contributed by atoms with Crippen LogP contribution >= 0.6 is 15.9 Å². The Labute approximate surface area is 155 Å². The molecular formula is C19H18BrN3O2. The molecule has 2 rings (SSSR count). The average Bonchev–Trinajstić information content (AvgIpc) is 2.62. The molecule has 2 aromatic carbocycles. The predicted octanol–water partition coefficient (Wildman–Crippen LogP) is 3.68. The Morgan fingerprint density at radius 3 is 2.36 bits per heavy atom. The molecule has 0 aliphatic rings. The number of anilines is 1. The number of hydrogen-bond donors (Lipinski definition) is 2. The summed E-state index contributed by atoms with van der Waals surface area (Å²) in [5.74, 6) is -0.840. The van der Waals surface area contributed by atoms with Crippen molar-refractivity contribution in [3.05, 3.63) is 76.8 Å². The second kappa shape index (κ2) is 10.2. The van der Waals surface area contributed by atoms with Gasteiger partial charge in [-0.3, -0.25) is 9.59 Å². The number of halogens is 1. The van der Waals surface area contributed by atoms with Crippen LogP contribution in [0.15, 0.2) is 76.3 Å². The molecule has 2 aromatic rings. The molecule has 25 heavy (non-hydrogen) atoms. The molecule has 0 aromatic heterocycles. The maximum atomic E-state index is 11.7. The summed E-state index contributed by atoms with van der Waals surface area (Å²) in [4.78, 5) is 23.3. The van der Waals surface area contributed by atoms with Gasteiger partial charge in [0.1, 0.15) is 0 Å². The van der Waals surface area contributed by atoms with E-state index in [4.69, 9.17) is 0 Å². The van der Waals surface area contributed by atoms with Gasteiger partial charge in [0.05, 0.1) is 0 Å². The number of nitrogens with one attached hydrogen (secondary N) is 2. The molecule has 0 spiro atoms. The van der Waals surface area contributed by atoms with Gasteiger partial charge in [0.2, 0.25) is 5.91 Å². The topological polar surface area (TPSA) is 70.6 Å². The van der Waals surface area contributed by atoms with Crippen LogP contribution in [0, 0.1) is 0 Å². The van der Waals surface area contributed by atoms with Gasteiger partial charge in [0.15, 0.2) is 0 Å². The van der Waals surface area contributed by atoms with Crippen molar-refractivity contribution in [2.24, 2.45) is 5.10 Å². The zero-order valence-corrected chi connectivity index (χ0v) is 15.1. The van der Waals surface area contributed by atoms with Crippen molar-refractivity contribution in [2.45, 2.75) is 12.8 Å². The van der Waals surface area contributed by atoms with Crippen LogP contribution in [-0.2, 0) is 16.0 Å². The smallest absolute Gasteiger partial charge is 0.264 e. The maximum absolute atomic E-state index is 11.7. The number of amides is 2. The summed E-state index contributed by atoms with van der Waals surface area (Å²) in [5.41, 5.74) is 4.22. The summed E-state index contributed by atoms with van der Waals surface area (Å²) in [6.45, 7) is 0. The quantitative estimate of drug-likeness (QED) is 0.423. The number of carbonyl (C=O) groups excluding carboxylic acids is 2. The van der Waals surface area contributed by atoms with Gasteiger partial charge >= 0.3 is 0 Å². The van der Waals surface area contributed by atoms with Crippen molar-refractivity contribution in [2.75, 3.05) is 5.32 Å². The predicted molar refractivity (Wildman–Crippen MR) is 103 cm³/mol. The summed E-state index contributed by atoms with van der Waals surface area (Å²) >= 11 is 3.32. The Hall–Kier alpha value is -2.73. The maximum Gasteiger partial charge on any atom is 0.264 e. The highest BCUT2D eigenvalue weighted by atomic mass is 79.9. The molecule has 2 N–H and O–H groups in total. The number of hydrogen-bond acceptors (Lipinski definition) is 3. The van der Waals surface area contributed by atoms with Gasteiger partial charge in [-0.2, -0.15) is 5.10 Å². The monoisotopic (exact) mass is 399 g/mol. The Bertz CT molecular complexity index is 756. The molecule has 0 heterocycles. The minimum atomic E-state index is -0.457. The first-order valence-corrected chi connectivity index (χ1v) is 8.53. The third kappa shape index (κ3) is 7.58. The van der Waals surface area contributed by atoms with Gasteiger partial charge < -0.3 is 5.32 Å². The van der Waals surface area contributed by atoms with E-state index >= 15 is 0 Å². The van der Waals surface area contributed by atoms with Gasteiger partial charge in [-0.05, 0) is 42.7 Å². The Morgan fingerprint density at radius 1 is 0.960 bits per heavy atom. The largest absolute Gasteiger partial charge is 0.323 e. The fraction of sp³-hybridized carbons (Fsp3) is 0.105. The molecule has 0 aliphatic heterocycles. The van der Waals surface area contributed by atoms with E-state index in [1.54, 1.807) is 18.3 Å². The van der Waals surface area contributed by atoms with Crippen molar-refractivity contribution < 1.29 is 9.59 Å². The first-order chi connectivity index (χ1) is 12.1. The lowest BCUT2D eigenvalue weighted by Crippen LogP contribution is -2.16. The molecule has 0 unspecified atom stereocenters. The van der Waals surface area contributed by atoms with Gasteiger partial charge in [-0.25, -0.2) is 5.43 Å². The van der Waals surface area contributed by atoms with Crippen LogP contribution in [0.1, 0.15) is 12.0 Å². The highest BCUT2D eigenvalue weighted by Gasteiger charge is 1.99. The van der Waals surface area contributed by atoms with Crippen molar-refractivity contribution in [1.29, 1.82) is 0 Å². The zero-order valence-electron chi connectivity index (χ0n) is 13.5. The van der Waals surface area contributed by atoms with E-state index in [9.17, 15) is 9.59 Å². The van der Waals surface area contributed by atoms with E-state index in [0.29, 0.717) is 5.69 Å². The van der Waals surface area contributed by atoms with Gasteiger partial charge in [0, 0.05) is 28.5 Å². The van der Waals surface area contributed by atoms with E-state index in [2.05, 4.69) is 31.8 Å². The molecule has 0 fully saturated rings. The first-order valence-electron chi connectivity index (χ1n) is 7.73. The Balaban J connectivity index is 1.68. The van der Waals surface area contributed by atoms with Crippen LogP contribution < -0.4 is 10.7 Å². The Morgan fingerprint density at radius 2 is 1.64 bits per heavy atom. The van der Waals surface area contributed by atoms with E-state index in [1.807, 2.05) is 42.5 Å². The number of nitrogens with zero attached hydrogens (tertiary/aromatic N) is 1. The number of rotatable bonds is 7. The van der Waals surface area contributed by atoms with Crippen molar-refractivity contribution in [1.82, 2.24) is 5.43 Å². The van der Waals surface area contributed by atoms with Crippen LogP contribution in [0.25, 0.3) is 0 Å². The van der Waals surface area contributed by atoms with E-state index < -0.39 is 5.91 Å². The van der Waals surface area contributed by atoms with Gasteiger partial charge in [-0.1, -0.05) is 46.3 Å². The third-order valence-corrected chi connectivity index (χ3v) is 3.70. The SMILES string of the molecule is O=C(/C=C/C(=O)Nc1ccc(Br)cc1)N/N=C\CCc1ccccc1. The number of hydrazone groups is 1. The molecule has 2 amide bonds.